The third-order valence-electron chi connectivity index (χ3n) is 3.70. The van der Waals surface area contributed by atoms with Crippen LogP contribution in [-0.4, -0.2) is 12.1 Å². The van der Waals surface area contributed by atoms with Crippen LogP contribution in [0.1, 0.15) is 26.7 Å². The second-order valence-corrected chi connectivity index (χ2v) is 4.95. The van der Waals surface area contributed by atoms with Crippen molar-refractivity contribution >= 4 is 12.1 Å². The molecule has 0 saturated carbocycles. The lowest BCUT2D eigenvalue weighted by molar-refractivity contribution is -0.110. The zero-order chi connectivity index (χ0) is 11.8. The van der Waals surface area contributed by atoms with Crippen LogP contribution in [0.25, 0.3) is 0 Å². The first kappa shape index (κ1) is 11.1. The highest BCUT2D eigenvalue weighted by atomic mass is 16.1. The maximum absolute atomic E-state index is 11.4. The molecule has 2 rings (SSSR count). The lowest BCUT2D eigenvalue weighted by atomic mass is 9.75. The van der Waals surface area contributed by atoms with Crippen molar-refractivity contribution in [3.8, 4) is 0 Å². The van der Waals surface area contributed by atoms with E-state index in [1.165, 1.54) is 0 Å². The van der Waals surface area contributed by atoms with Gasteiger partial charge in [0.15, 0.2) is 5.78 Å². The lowest BCUT2D eigenvalue weighted by Crippen LogP contribution is -2.19. The van der Waals surface area contributed by atoms with Gasteiger partial charge >= 0.3 is 0 Å². The Bertz CT molecular complexity index is 426. The van der Waals surface area contributed by atoms with E-state index in [1.807, 2.05) is 12.2 Å². The second-order valence-electron chi connectivity index (χ2n) is 4.95. The molecule has 2 heteroatoms. The van der Waals surface area contributed by atoms with Gasteiger partial charge in [0.25, 0.3) is 0 Å². The Balaban J connectivity index is 2.48. The predicted molar refractivity (Wildman–Crippen MR) is 62.9 cm³/mol. The maximum Gasteiger partial charge on any atom is 0.178 e. The monoisotopic (exact) mass is 216 g/mol. The Morgan fingerprint density at radius 1 is 1.44 bits per heavy atom. The van der Waals surface area contributed by atoms with Crippen LogP contribution in [0.4, 0.5) is 0 Å². The number of allylic oxidation sites excluding steroid dienone is 6. The standard InChI is InChI=1S/C14H16O2/c1-10-3-5-14(2)6-4-13(16)8-12(14)7-11(10)9-15/h4,6-10H,3,5H2,1-2H3/t10-,14-/m0/s1. The Labute approximate surface area is 95.7 Å². The fourth-order valence-electron chi connectivity index (χ4n) is 2.32. The number of carbonyl (C=O) groups is 2. The number of hydrogen-bond acceptors (Lipinski definition) is 2. The highest BCUT2D eigenvalue weighted by Crippen LogP contribution is 2.42. The molecule has 0 unspecified atom stereocenters. The minimum Gasteiger partial charge on any atom is -0.298 e. The summed E-state index contributed by atoms with van der Waals surface area (Å²) in [4.78, 5) is 22.4. The van der Waals surface area contributed by atoms with Gasteiger partial charge in [0.05, 0.1) is 0 Å². The first-order chi connectivity index (χ1) is 7.55. The molecule has 0 aromatic heterocycles. The van der Waals surface area contributed by atoms with Crippen molar-refractivity contribution < 1.29 is 9.59 Å². The van der Waals surface area contributed by atoms with Crippen LogP contribution in [0.15, 0.2) is 35.5 Å². The summed E-state index contributed by atoms with van der Waals surface area (Å²) in [5, 5.41) is 0. The molecule has 0 aliphatic heterocycles. The molecule has 0 radical (unpaired) electrons. The van der Waals surface area contributed by atoms with Crippen molar-refractivity contribution in [2.45, 2.75) is 26.7 Å². The van der Waals surface area contributed by atoms with E-state index in [9.17, 15) is 9.59 Å². The molecule has 0 saturated heterocycles. The highest BCUT2D eigenvalue weighted by Gasteiger charge is 2.31. The van der Waals surface area contributed by atoms with Crippen LogP contribution in [0.2, 0.25) is 0 Å². The van der Waals surface area contributed by atoms with Crippen molar-refractivity contribution in [3.63, 3.8) is 0 Å². The summed E-state index contributed by atoms with van der Waals surface area (Å²) in [6.45, 7) is 4.19. The molecule has 0 amide bonds. The third-order valence-corrected chi connectivity index (χ3v) is 3.70. The van der Waals surface area contributed by atoms with Crippen LogP contribution in [0.3, 0.4) is 0 Å². The minimum absolute atomic E-state index is 0.0172. The highest BCUT2D eigenvalue weighted by molar-refractivity contribution is 6.01. The average molecular weight is 216 g/mol. The summed E-state index contributed by atoms with van der Waals surface area (Å²) < 4.78 is 0. The van der Waals surface area contributed by atoms with Gasteiger partial charge in [-0.05, 0) is 42.1 Å². The van der Waals surface area contributed by atoms with Gasteiger partial charge in [-0.3, -0.25) is 9.59 Å². The number of ketones is 1. The van der Waals surface area contributed by atoms with Gasteiger partial charge in [-0.25, -0.2) is 0 Å². The fourth-order valence-corrected chi connectivity index (χ4v) is 2.32. The molecule has 0 spiro atoms. The van der Waals surface area contributed by atoms with E-state index in [1.54, 1.807) is 12.2 Å². The first-order valence-corrected chi connectivity index (χ1v) is 5.67. The Morgan fingerprint density at radius 2 is 2.19 bits per heavy atom. The van der Waals surface area contributed by atoms with Crippen LogP contribution in [-0.2, 0) is 9.59 Å². The fraction of sp³-hybridized carbons (Fsp3) is 0.429. The first-order valence-electron chi connectivity index (χ1n) is 5.67. The number of carbonyl (C=O) groups excluding carboxylic acids is 2. The maximum atomic E-state index is 11.4. The van der Waals surface area contributed by atoms with Crippen LogP contribution in [0, 0.1) is 11.3 Å². The molecule has 0 aromatic carbocycles. The molecule has 0 fully saturated rings. The largest absolute Gasteiger partial charge is 0.298 e. The molecular formula is C14H16O2. The zero-order valence-electron chi connectivity index (χ0n) is 9.69. The molecule has 0 bridgehead atoms. The third kappa shape index (κ3) is 1.80. The zero-order valence-corrected chi connectivity index (χ0v) is 9.69. The van der Waals surface area contributed by atoms with Gasteiger partial charge in [0, 0.05) is 5.41 Å². The summed E-state index contributed by atoms with van der Waals surface area (Å²) in [6.07, 6.45) is 10.0. The number of rotatable bonds is 1. The Morgan fingerprint density at radius 3 is 2.88 bits per heavy atom. The molecule has 0 aromatic rings. The van der Waals surface area contributed by atoms with E-state index in [2.05, 4.69) is 13.8 Å². The SMILES string of the molecule is C[C@H]1CC[C@@]2(C)C=CC(=O)C=C2C=C1C=O. The van der Waals surface area contributed by atoms with E-state index in [-0.39, 0.29) is 17.1 Å². The molecular weight excluding hydrogens is 200 g/mol. The minimum atomic E-state index is -0.0765. The Hall–Kier alpha value is -1.44. The molecule has 0 N–H and O–H groups in total. The predicted octanol–water partition coefficient (Wildman–Crippen LogP) is 2.61. The summed E-state index contributed by atoms with van der Waals surface area (Å²) in [7, 11) is 0. The summed E-state index contributed by atoms with van der Waals surface area (Å²) in [5.41, 5.74) is 1.71. The molecule has 2 aliphatic carbocycles. The van der Waals surface area contributed by atoms with E-state index < -0.39 is 0 Å². The summed E-state index contributed by atoms with van der Waals surface area (Å²) in [6, 6.07) is 0. The molecule has 0 heterocycles. The lowest BCUT2D eigenvalue weighted by Gasteiger charge is -2.28. The van der Waals surface area contributed by atoms with Crippen LogP contribution in [0.5, 0.6) is 0 Å². The van der Waals surface area contributed by atoms with Crippen molar-refractivity contribution in [3.05, 3.63) is 35.5 Å². The number of hydrogen-bond donors (Lipinski definition) is 0. The van der Waals surface area contributed by atoms with Crippen molar-refractivity contribution in [2.75, 3.05) is 0 Å². The molecule has 2 nitrogen and oxygen atoms in total. The van der Waals surface area contributed by atoms with Gasteiger partial charge in [0.2, 0.25) is 0 Å². The van der Waals surface area contributed by atoms with E-state index in [0.717, 1.165) is 30.3 Å². The van der Waals surface area contributed by atoms with Gasteiger partial charge in [-0.2, -0.15) is 0 Å². The smallest absolute Gasteiger partial charge is 0.178 e. The van der Waals surface area contributed by atoms with E-state index in [0.29, 0.717) is 0 Å². The molecule has 2 aliphatic rings. The number of fused-ring (bicyclic) bond motifs is 1. The van der Waals surface area contributed by atoms with Gasteiger partial charge in [-0.1, -0.05) is 26.0 Å². The average Bonchev–Trinajstić information content (AvgIpc) is 2.38. The van der Waals surface area contributed by atoms with Crippen molar-refractivity contribution in [1.29, 1.82) is 0 Å². The Kier molecular flexibility index (Phi) is 2.66. The van der Waals surface area contributed by atoms with Crippen LogP contribution < -0.4 is 0 Å². The molecule has 2 atom stereocenters. The van der Waals surface area contributed by atoms with Crippen LogP contribution >= 0.6 is 0 Å². The van der Waals surface area contributed by atoms with E-state index in [4.69, 9.17) is 0 Å². The number of aldehydes is 1. The second kappa shape index (κ2) is 3.85. The quantitative estimate of drug-likeness (QED) is 0.631. The van der Waals surface area contributed by atoms with Crippen molar-refractivity contribution in [1.82, 2.24) is 0 Å². The molecule has 84 valence electrons. The van der Waals surface area contributed by atoms with Crippen molar-refractivity contribution in [2.24, 2.45) is 11.3 Å². The summed E-state index contributed by atoms with van der Waals surface area (Å²) in [5.74, 6) is 0.299. The van der Waals surface area contributed by atoms with Gasteiger partial charge < -0.3 is 0 Å². The van der Waals surface area contributed by atoms with Gasteiger partial charge in [-0.15, -0.1) is 0 Å². The van der Waals surface area contributed by atoms with E-state index >= 15 is 0 Å². The molecule has 16 heavy (non-hydrogen) atoms. The summed E-state index contributed by atoms with van der Waals surface area (Å²) >= 11 is 0. The van der Waals surface area contributed by atoms with Gasteiger partial charge in [0.1, 0.15) is 6.29 Å². The topological polar surface area (TPSA) is 34.1 Å². The normalized spacial score (nSPS) is 33.6.